The summed E-state index contributed by atoms with van der Waals surface area (Å²) in [4.78, 5) is 8.64. The number of anilines is 2. The number of aromatic nitrogens is 4. The smallest absolute Gasteiger partial charge is 0.261 e. The molecule has 0 saturated heterocycles. The molecule has 0 atom stereocenters. The van der Waals surface area contributed by atoms with E-state index < -0.39 is 13.0 Å². The molecule has 0 radical (unpaired) electrons. The fraction of sp³-hybridized carbons (Fsp3) is 0.583. The molecule has 2 heterocycles. The largest absolute Gasteiger partial charge is 0.374 e. The van der Waals surface area contributed by atoms with E-state index in [2.05, 4.69) is 30.8 Å². The number of aromatic amines is 1. The van der Waals surface area contributed by atoms with Gasteiger partial charge in [-0.1, -0.05) is 6.92 Å². The van der Waals surface area contributed by atoms with Crippen molar-refractivity contribution < 1.29 is 13.5 Å². The van der Waals surface area contributed by atoms with E-state index in [1.165, 1.54) is 0 Å². The van der Waals surface area contributed by atoms with E-state index >= 15 is 0 Å². The molecule has 0 aliphatic carbocycles. The topological polar surface area (TPSA) is 87.8 Å². The third kappa shape index (κ3) is 4.48. The molecule has 21 heavy (non-hydrogen) atoms. The molecule has 0 saturated carbocycles. The molecule has 0 bridgehead atoms. The van der Waals surface area contributed by atoms with E-state index in [0.29, 0.717) is 24.0 Å². The lowest BCUT2D eigenvalue weighted by Crippen LogP contribution is -2.14. The van der Waals surface area contributed by atoms with Gasteiger partial charge in [0.25, 0.3) is 6.43 Å². The summed E-state index contributed by atoms with van der Waals surface area (Å²) in [6.07, 6.45) is 0.116. The third-order valence-corrected chi connectivity index (χ3v) is 2.63. The van der Waals surface area contributed by atoms with E-state index in [4.69, 9.17) is 4.74 Å². The van der Waals surface area contributed by atoms with E-state index in [0.717, 1.165) is 18.4 Å². The zero-order valence-corrected chi connectivity index (χ0v) is 11.7. The zero-order chi connectivity index (χ0) is 15.1. The Labute approximate surface area is 120 Å². The average Bonchev–Trinajstić information content (AvgIpc) is 2.92. The second-order valence-electron chi connectivity index (χ2n) is 4.35. The quantitative estimate of drug-likeness (QED) is 0.613. The maximum absolute atomic E-state index is 11.9. The van der Waals surface area contributed by atoms with Gasteiger partial charge in [0.1, 0.15) is 12.4 Å². The number of rotatable bonds is 9. The lowest BCUT2D eigenvalue weighted by atomic mass is 10.4. The number of hydrogen-bond donors (Lipinski definition) is 3. The van der Waals surface area contributed by atoms with Gasteiger partial charge in [0.05, 0.1) is 18.2 Å². The van der Waals surface area contributed by atoms with Crippen LogP contribution < -0.4 is 10.6 Å². The van der Waals surface area contributed by atoms with Crippen LogP contribution in [0.25, 0.3) is 11.0 Å². The number of fused-ring (bicyclic) bond motifs is 1. The Hall–Kier alpha value is -2.03. The minimum absolute atomic E-state index is 0.172. The highest BCUT2D eigenvalue weighted by atomic mass is 19.3. The van der Waals surface area contributed by atoms with Crippen LogP contribution in [0.3, 0.4) is 0 Å². The summed E-state index contributed by atoms with van der Waals surface area (Å²) >= 11 is 0. The molecule has 0 aliphatic rings. The summed E-state index contributed by atoms with van der Waals surface area (Å²) in [6, 6.07) is 0. The minimum atomic E-state index is -2.45. The number of nitrogens with zero attached hydrogens (tertiary/aromatic N) is 3. The first-order valence-electron chi connectivity index (χ1n) is 6.75. The Balaban J connectivity index is 1.98. The molecule has 0 aromatic carbocycles. The third-order valence-electron chi connectivity index (χ3n) is 2.63. The second-order valence-corrected chi connectivity index (χ2v) is 4.35. The zero-order valence-electron chi connectivity index (χ0n) is 11.7. The second kappa shape index (κ2) is 7.67. The predicted octanol–water partition coefficient (Wildman–Crippen LogP) is 1.87. The van der Waals surface area contributed by atoms with Crippen LogP contribution in [0.15, 0.2) is 6.20 Å². The van der Waals surface area contributed by atoms with Crippen molar-refractivity contribution >= 4 is 22.8 Å². The Morgan fingerprint density at radius 1 is 1.29 bits per heavy atom. The van der Waals surface area contributed by atoms with Crippen molar-refractivity contribution in [1.29, 1.82) is 0 Å². The number of hydrogen-bond acceptors (Lipinski definition) is 6. The first-order valence-corrected chi connectivity index (χ1v) is 6.75. The van der Waals surface area contributed by atoms with Crippen molar-refractivity contribution in [3.63, 3.8) is 0 Å². The SMILES string of the molecule is CCCNc1nc(NCCOCC(F)F)c2cn[nH]c2n1. The fourth-order valence-electron chi connectivity index (χ4n) is 1.70. The van der Waals surface area contributed by atoms with E-state index in [1.54, 1.807) is 6.20 Å². The Morgan fingerprint density at radius 3 is 2.90 bits per heavy atom. The normalized spacial score (nSPS) is 11.2. The molecule has 2 aromatic rings. The monoisotopic (exact) mass is 300 g/mol. The van der Waals surface area contributed by atoms with Crippen molar-refractivity contribution in [2.75, 3.05) is 36.9 Å². The molecule has 7 nitrogen and oxygen atoms in total. The van der Waals surface area contributed by atoms with Gasteiger partial charge in [0.15, 0.2) is 5.65 Å². The van der Waals surface area contributed by atoms with E-state index in [9.17, 15) is 8.78 Å². The first kappa shape index (κ1) is 15.4. The van der Waals surface area contributed by atoms with Crippen LogP contribution in [0.1, 0.15) is 13.3 Å². The van der Waals surface area contributed by atoms with Gasteiger partial charge < -0.3 is 15.4 Å². The van der Waals surface area contributed by atoms with Gasteiger partial charge in [-0.2, -0.15) is 15.1 Å². The Morgan fingerprint density at radius 2 is 2.14 bits per heavy atom. The number of H-pyrrole nitrogens is 1. The maximum Gasteiger partial charge on any atom is 0.261 e. The van der Waals surface area contributed by atoms with Crippen LogP contribution in [-0.2, 0) is 4.74 Å². The number of ether oxygens (including phenoxy) is 1. The van der Waals surface area contributed by atoms with Gasteiger partial charge in [-0.05, 0) is 6.42 Å². The highest BCUT2D eigenvalue weighted by Gasteiger charge is 2.09. The average molecular weight is 300 g/mol. The molecule has 9 heteroatoms. The van der Waals surface area contributed by atoms with Gasteiger partial charge >= 0.3 is 0 Å². The molecule has 0 amide bonds. The van der Waals surface area contributed by atoms with E-state index in [1.807, 2.05) is 6.92 Å². The van der Waals surface area contributed by atoms with Crippen molar-refractivity contribution in [3.05, 3.63) is 6.20 Å². The molecule has 116 valence electrons. The van der Waals surface area contributed by atoms with E-state index in [-0.39, 0.29) is 6.61 Å². The number of halogens is 2. The molecule has 0 unspecified atom stereocenters. The van der Waals surface area contributed by atoms with Crippen LogP contribution in [0.4, 0.5) is 20.5 Å². The molecule has 2 rings (SSSR count). The summed E-state index contributed by atoms with van der Waals surface area (Å²) in [5.41, 5.74) is 0.611. The minimum Gasteiger partial charge on any atom is -0.374 e. The standard InChI is InChI=1S/C12H18F2N6O/c1-2-3-16-12-18-10(8-6-17-20-11(8)19-12)15-4-5-21-7-9(13)14/h6,9H,2-5,7H2,1H3,(H3,15,16,17,18,19,20). The summed E-state index contributed by atoms with van der Waals surface area (Å²) in [6.45, 7) is 2.79. The summed E-state index contributed by atoms with van der Waals surface area (Å²) in [5, 5.41) is 13.6. The van der Waals surface area contributed by atoms with Gasteiger partial charge in [-0.3, -0.25) is 5.10 Å². The maximum atomic E-state index is 11.9. The highest BCUT2D eigenvalue weighted by molar-refractivity contribution is 5.86. The predicted molar refractivity (Wildman–Crippen MR) is 75.8 cm³/mol. The summed E-state index contributed by atoms with van der Waals surface area (Å²) < 4.78 is 28.7. The molecule has 2 aromatic heterocycles. The summed E-state index contributed by atoms with van der Waals surface area (Å²) in [7, 11) is 0. The Bertz CT molecular complexity index is 562. The van der Waals surface area contributed by atoms with Crippen molar-refractivity contribution in [3.8, 4) is 0 Å². The Kier molecular flexibility index (Phi) is 5.61. The van der Waals surface area contributed by atoms with Crippen LogP contribution in [0.2, 0.25) is 0 Å². The molecular formula is C12H18F2N6O. The molecule has 0 fully saturated rings. The fourth-order valence-corrected chi connectivity index (χ4v) is 1.70. The molecule has 0 aliphatic heterocycles. The van der Waals surface area contributed by atoms with Crippen molar-refractivity contribution in [1.82, 2.24) is 20.2 Å². The van der Waals surface area contributed by atoms with Crippen molar-refractivity contribution in [2.45, 2.75) is 19.8 Å². The van der Waals surface area contributed by atoms with Crippen LogP contribution in [0, 0.1) is 0 Å². The van der Waals surface area contributed by atoms with Gasteiger partial charge in [-0.15, -0.1) is 0 Å². The van der Waals surface area contributed by atoms with Crippen molar-refractivity contribution in [2.24, 2.45) is 0 Å². The van der Waals surface area contributed by atoms with Gasteiger partial charge in [0.2, 0.25) is 5.95 Å². The van der Waals surface area contributed by atoms with Crippen LogP contribution >= 0.6 is 0 Å². The lowest BCUT2D eigenvalue weighted by Gasteiger charge is -2.09. The van der Waals surface area contributed by atoms with Gasteiger partial charge in [0, 0.05) is 13.1 Å². The first-order chi connectivity index (χ1) is 10.2. The van der Waals surface area contributed by atoms with Crippen LogP contribution in [-0.4, -0.2) is 52.9 Å². The molecular weight excluding hydrogens is 282 g/mol. The molecule has 3 N–H and O–H groups in total. The summed E-state index contributed by atoms with van der Waals surface area (Å²) in [5.74, 6) is 1.08. The molecule has 0 spiro atoms. The number of alkyl halides is 2. The highest BCUT2D eigenvalue weighted by Crippen LogP contribution is 2.19. The number of nitrogens with one attached hydrogen (secondary N) is 3. The van der Waals surface area contributed by atoms with Crippen LogP contribution in [0.5, 0.6) is 0 Å². The van der Waals surface area contributed by atoms with Gasteiger partial charge in [-0.25, -0.2) is 8.78 Å². The lowest BCUT2D eigenvalue weighted by molar-refractivity contribution is 0.0215.